The number of benzene rings is 2. The van der Waals surface area contributed by atoms with Gasteiger partial charge in [0.1, 0.15) is 5.75 Å². The fourth-order valence-electron chi connectivity index (χ4n) is 3.76. The Morgan fingerprint density at radius 1 is 1.03 bits per heavy atom. The molecule has 0 saturated heterocycles. The minimum Gasteiger partial charge on any atom is -0.493 e. The van der Waals surface area contributed by atoms with E-state index in [2.05, 4.69) is 19.2 Å². The van der Waals surface area contributed by atoms with E-state index < -0.39 is 0 Å². The summed E-state index contributed by atoms with van der Waals surface area (Å²) in [5.74, 6) is 0.889. The lowest BCUT2D eigenvalue weighted by Crippen LogP contribution is -2.38. The summed E-state index contributed by atoms with van der Waals surface area (Å²) in [6.45, 7) is 4.81. The van der Waals surface area contributed by atoms with E-state index in [1.807, 2.05) is 24.1 Å². The zero-order chi connectivity index (χ0) is 21.5. The highest BCUT2D eigenvalue weighted by Gasteiger charge is 2.25. The number of ether oxygens (including phenoxy) is 1. The van der Waals surface area contributed by atoms with Gasteiger partial charge in [-0.2, -0.15) is 0 Å². The van der Waals surface area contributed by atoms with Gasteiger partial charge in [-0.15, -0.1) is 0 Å². The molecular weight excluding hydrogens is 376 g/mol. The second kappa shape index (κ2) is 10.3. The van der Waals surface area contributed by atoms with Gasteiger partial charge in [-0.1, -0.05) is 45.2 Å². The molecule has 1 fully saturated rings. The molecule has 160 valence electrons. The highest BCUT2D eigenvalue weighted by molar-refractivity contribution is 6.09. The van der Waals surface area contributed by atoms with E-state index in [0.29, 0.717) is 29.3 Å². The maximum absolute atomic E-state index is 13.1. The van der Waals surface area contributed by atoms with Gasteiger partial charge in [0.25, 0.3) is 11.8 Å². The van der Waals surface area contributed by atoms with Crippen LogP contribution in [0.25, 0.3) is 0 Å². The molecule has 0 aromatic heterocycles. The summed E-state index contributed by atoms with van der Waals surface area (Å²) in [6.07, 6.45) is 5.66. The largest absolute Gasteiger partial charge is 0.493 e. The third-order valence-corrected chi connectivity index (χ3v) is 5.55. The quantitative estimate of drug-likeness (QED) is 0.669. The van der Waals surface area contributed by atoms with E-state index in [0.717, 1.165) is 31.4 Å². The molecule has 3 rings (SSSR count). The molecule has 0 heterocycles. The zero-order valence-corrected chi connectivity index (χ0v) is 18.2. The molecule has 1 N–H and O–H groups in total. The molecular formula is C25H32N2O3. The topological polar surface area (TPSA) is 58.6 Å². The van der Waals surface area contributed by atoms with Gasteiger partial charge < -0.3 is 15.0 Å². The van der Waals surface area contributed by atoms with Crippen LogP contribution in [0.2, 0.25) is 0 Å². The molecule has 5 nitrogen and oxygen atoms in total. The smallest absolute Gasteiger partial charge is 0.255 e. The molecule has 0 bridgehead atoms. The number of rotatable bonds is 7. The van der Waals surface area contributed by atoms with Crippen molar-refractivity contribution in [3.05, 3.63) is 59.7 Å². The average Bonchev–Trinajstić information content (AvgIpc) is 2.78. The molecule has 0 atom stereocenters. The van der Waals surface area contributed by atoms with Crippen LogP contribution in [0, 0.1) is 5.92 Å². The molecule has 2 amide bonds. The van der Waals surface area contributed by atoms with Gasteiger partial charge in [0.15, 0.2) is 0 Å². The maximum atomic E-state index is 13.1. The van der Waals surface area contributed by atoms with Gasteiger partial charge in [0.05, 0.1) is 17.9 Å². The summed E-state index contributed by atoms with van der Waals surface area (Å²) < 4.78 is 5.67. The predicted molar refractivity (Wildman–Crippen MR) is 120 cm³/mol. The second-order valence-electron chi connectivity index (χ2n) is 8.44. The Hall–Kier alpha value is -2.82. The maximum Gasteiger partial charge on any atom is 0.255 e. The number of hydrogen-bond donors (Lipinski definition) is 1. The zero-order valence-electron chi connectivity index (χ0n) is 18.2. The van der Waals surface area contributed by atoms with E-state index in [-0.39, 0.29) is 17.9 Å². The predicted octanol–water partition coefficient (Wildman–Crippen LogP) is 5.38. The number of anilines is 1. The first-order chi connectivity index (χ1) is 14.5. The third-order valence-electron chi connectivity index (χ3n) is 5.55. The van der Waals surface area contributed by atoms with Crippen LogP contribution in [0.15, 0.2) is 48.5 Å². The monoisotopic (exact) mass is 408 g/mol. The van der Waals surface area contributed by atoms with Crippen LogP contribution in [-0.2, 0) is 0 Å². The minimum atomic E-state index is -0.244. The van der Waals surface area contributed by atoms with Crippen molar-refractivity contribution in [3.8, 4) is 5.75 Å². The van der Waals surface area contributed by atoms with Crippen molar-refractivity contribution in [3.63, 3.8) is 0 Å². The van der Waals surface area contributed by atoms with E-state index in [9.17, 15) is 9.59 Å². The molecule has 30 heavy (non-hydrogen) atoms. The lowest BCUT2D eigenvalue weighted by molar-refractivity contribution is 0.0697. The van der Waals surface area contributed by atoms with Crippen LogP contribution < -0.4 is 10.1 Å². The molecule has 2 aromatic carbocycles. The van der Waals surface area contributed by atoms with Crippen molar-refractivity contribution in [2.24, 2.45) is 5.92 Å². The molecule has 2 aromatic rings. The minimum absolute atomic E-state index is 0.0461. The average molecular weight is 409 g/mol. The summed E-state index contributed by atoms with van der Waals surface area (Å²) in [6, 6.07) is 14.6. The van der Waals surface area contributed by atoms with Crippen molar-refractivity contribution in [1.29, 1.82) is 0 Å². The standard InChI is InChI=1S/C25H32N2O3/c1-18(2)17-30-21-15-13-19(14-16-21)24(28)26-23-12-8-7-11-22(23)25(29)27(3)20-9-5-4-6-10-20/h7-8,11-16,18,20H,4-6,9-10,17H2,1-3H3,(H,26,28). The Balaban J connectivity index is 1.69. The summed E-state index contributed by atoms with van der Waals surface area (Å²) in [4.78, 5) is 27.7. The van der Waals surface area contributed by atoms with Gasteiger partial charge in [-0.25, -0.2) is 0 Å². The van der Waals surface area contributed by atoms with Gasteiger partial charge >= 0.3 is 0 Å². The first-order valence-corrected chi connectivity index (χ1v) is 10.9. The van der Waals surface area contributed by atoms with Gasteiger partial charge in [0.2, 0.25) is 0 Å². The lowest BCUT2D eigenvalue weighted by atomic mass is 9.94. The molecule has 0 unspecified atom stereocenters. The van der Waals surface area contributed by atoms with Crippen LogP contribution in [-0.4, -0.2) is 36.4 Å². The van der Waals surface area contributed by atoms with Gasteiger partial charge in [0, 0.05) is 18.7 Å². The molecule has 5 heteroatoms. The van der Waals surface area contributed by atoms with Crippen molar-refractivity contribution in [1.82, 2.24) is 4.90 Å². The van der Waals surface area contributed by atoms with Crippen LogP contribution in [0.4, 0.5) is 5.69 Å². The molecule has 1 aliphatic rings. The van der Waals surface area contributed by atoms with Crippen molar-refractivity contribution < 1.29 is 14.3 Å². The summed E-state index contributed by atoms with van der Waals surface area (Å²) in [5, 5.41) is 2.91. The second-order valence-corrected chi connectivity index (χ2v) is 8.44. The van der Waals surface area contributed by atoms with E-state index in [1.165, 1.54) is 6.42 Å². The van der Waals surface area contributed by atoms with Crippen molar-refractivity contribution in [2.45, 2.75) is 52.0 Å². The number of nitrogens with zero attached hydrogens (tertiary/aromatic N) is 1. The van der Waals surface area contributed by atoms with Crippen LogP contribution >= 0.6 is 0 Å². The number of nitrogens with one attached hydrogen (secondary N) is 1. The molecule has 1 saturated carbocycles. The molecule has 0 radical (unpaired) electrons. The van der Waals surface area contributed by atoms with Crippen LogP contribution in [0.3, 0.4) is 0 Å². The number of para-hydroxylation sites is 1. The summed E-state index contributed by atoms with van der Waals surface area (Å²) >= 11 is 0. The fraction of sp³-hybridized carbons (Fsp3) is 0.440. The van der Waals surface area contributed by atoms with E-state index >= 15 is 0 Å². The normalized spacial score (nSPS) is 14.4. The van der Waals surface area contributed by atoms with Crippen molar-refractivity contribution in [2.75, 3.05) is 19.0 Å². The third kappa shape index (κ3) is 5.62. The Kier molecular flexibility index (Phi) is 7.50. The summed E-state index contributed by atoms with van der Waals surface area (Å²) in [7, 11) is 1.87. The number of amides is 2. The van der Waals surface area contributed by atoms with Crippen molar-refractivity contribution >= 4 is 17.5 Å². The van der Waals surface area contributed by atoms with Crippen LogP contribution in [0.5, 0.6) is 5.75 Å². The Labute approximate surface area is 179 Å². The van der Waals surface area contributed by atoms with E-state index in [1.54, 1.807) is 36.4 Å². The SMILES string of the molecule is CC(C)COc1ccc(C(=O)Nc2ccccc2C(=O)N(C)C2CCCCC2)cc1. The van der Waals surface area contributed by atoms with Crippen LogP contribution in [0.1, 0.15) is 66.7 Å². The molecule has 1 aliphatic carbocycles. The Morgan fingerprint density at radius 2 is 1.70 bits per heavy atom. The van der Waals surface area contributed by atoms with Gasteiger partial charge in [-0.05, 0) is 55.2 Å². The number of carbonyl (C=O) groups is 2. The first-order valence-electron chi connectivity index (χ1n) is 10.9. The van der Waals surface area contributed by atoms with E-state index in [4.69, 9.17) is 4.74 Å². The fourth-order valence-corrected chi connectivity index (χ4v) is 3.76. The molecule has 0 aliphatic heterocycles. The lowest BCUT2D eigenvalue weighted by Gasteiger charge is -2.31. The number of carbonyl (C=O) groups excluding carboxylic acids is 2. The highest BCUT2D eigenvalue weighted by Crippen LogP contribution is 2.25. The van der Waals surface area contributed by atoms with Gasteiger partial charge in [-0.3, -0.25) is 9.59 Å². The Bertz CT molecular complexity index is 855. The first kappa shape index (κ1) is 21.9. The Morgan fingerprint density at radius 3 is 2.37 bits per heavy atom. The molecule has 0 spiro atoms. The highest BCUT2D eigenvalue weighted by atomic mass is 16.5. The number of hydrogen-bond acceptors (Lipinski definition) is 3. The summed E-state index contributed by atoms with van der Waals surface area (Å²) in [5.41, 5.74) is 1.58.